The molecular weight excluding hydrogens is 392 g/mol. The van der Waals surface area contributed by atoms with Crippen LogP contribution in [0, 0.1) is 5.92 Å². The van der Waals surface area contributed by atoms with Crippen LogP contribution in [0.25, 0.3) is 0 Å². The summed E-state index contributed by atoms with van der Waals surface area (Å²) in [5.41, 5.74) is 3.72. The first-order valence-corrected chi connectivity index (χ1v) is 11.7. The van der Waals surface area contributed by atoms with Gasteiger partial charge in [0.1, 0.15) is 6.23 Å². The summed E-state index contributed by atoms with van der Waals surface area (Å²) in [5, 5.41) is 12.3. The average molecular weight is 421 g/mol. The van der Waals surface area contributed by atoms with Crippen molar-refractivity contribution >= 4 is 34.2 Å². The number of nitrogens with zero attached hydrogens (tertiary/aromatic N) is 1. The highest BCUT2D eigenvalue weighted by Gasteiger charge is 2.28. The summed E-state index contributed by atoms with van der Waals surface area (Å²) in [6.45, 7) is 6.97. The number of anilines is 2. The van der Waals surface area contributed by atoms with E-state index in [0.29, 0.717) is 18.2 Å². The van der Waals surface area contributed by atoms with Crippen LogP contribution in [0.3, 0.4) is 0 Å². The van der Waals surface area contributed by atoms with E-state index in [0.717, 1.165) is 28.3 Å². The zero-order valence-electron chi connectivity index (χ0n) is 16.5. The molecule has 0 aliphatic carbocycles. The number of rotatable bonds is 7. The molecule has 0 spiro atoms. The molecule has 1 heterocycles. The Morgan fingerprint density at radius 3 is 2.57 bits per heavy atom. The van der Waals surface area contributed by atoms with E-state index < -0.39 is 22.7 Å². The van der Waals surface area contributed by atoms with Crippen molar-refractivity contribution in [2.24, 2.45) is 5.92 Å². The fourth-order valence-electron chi connectivity index (χ4n) is 3.39. The molecule has 0 radical (unpaired) electrons. The average Bonchev–Trinajstić information content (AvgIpc) is 2.66. The van der Waals surface area contributed by atoms with Gasteiger partial charge in [-0.1, -0.05) is 39.0 Å². The van der Waals surface area contributed by atoms with Crippen molar-refractivity contribution in [2.75, 3.05) is 22.5 Å². The van der Waals surface area contributed by atoms with Crippen LogP contribution in [0.15, 0.2) is 47.4 Å². The van der Waals surface area contributed by atoms with Gasteiger partial charge in [0.05, 0.1) is 5.69 Å². The van der Waals surface area contributed by atoms with Crippen LogP contribution in [0.4, 0.5) is 11.4 Å². The van der Waals surface area contributed by atoms with E-state index in [2.05, 4.69) is 38.2 Å². The molecule has 28 heavy (non-hydrogen) atoms. The van der Waals surface area contributed by atoms with Gasteiger partial charge in [-0.2, -0.15) is 0 Å². The third-order valence-corrected chi connectivity index (χ3v) is 6.78. The summed E-state index contributed by atoms with van der Waals surface area (Å²) in [4.78, 5) is 3.05. The lowest BCUT2D eigenvalue weighted by molar-refractivity contribution is 0.227. The molecule has 2 aromatic carbocycles. The quantitative estimate of drug-likeness (QED) is 0.574. The normalized spacial score (nSPS) is 18.3. The fraction of sp³-hybridized carbons (Fsp3) is 0.429. The Hall–Kier alpha value is -1.54. The standard InChI is InChI=1S/C21H28N2O3S2/c1-4-15-5-8-17(9-6-15)23(12-14(2)3)21(28(25)26)16-7-10-19-18(11-16)22-20(24)13-27-19/h5-11,14,20-22,24H,4,12-13H2,1-3H3,(H,25,26). The second kappa shape index (κ2) is 9.31. The van der Waals surface area contributed by atoms with Crippen LogP contribution >= 0.6 is 11.8 Å². The summed E-state index contributed by atoms with van der Waals surface area (Å²) in [6, 6.07) is 14.0. The van der Waals surface area contributed by atoms with Crippen LogP contribution in [0.2, 0.25) is 0 Å². The van der Waals surface area contributed by atoms with Gasteiger partial charge in [-0.15, -0.1) is 11.8 Å². The Morgan fingerprint density at radius 2 is 1.96 bits per heavy atom. The van der Waals surface area contributed by atoms with E-state index >= 15 is 0 Å². The third-order valence-electron chi connectivity index (χ3n) is 4.72. The molecule has 7 heteroatoms. The van der Waals surface area contributed by atoms with Crippen LogP contribution < -0.4 is 10.2 Å². The van der Waals surface area contributed by atoms with E-state index in [4.69, 9.17) is 0 Å². The predicted octanol–water partition coefficient (Wildman–Crippen LogP) is 4.47. The Balaban J connectivity index is 2.01. The van der Waals surface area contributed by atoms with Crippen molar-refractivity contribution in [3.05, 3.63) is 53.6 Å². The minimum atomic E-state index is -2.09. The minimum absolute atomic E-state index is 0.324. The summed E-state index contributed by atoms with van der Waals surface area (Å²) in [7, 11) is 0. The van der Waals surface area contributed by atoms with Crippen molar-refractivity contribution in [2.45, 2.75) is 43.7 Å². The van der Waals surface area contributed by atoms with Crippen LogP contribution in [-0.4, -0.2) is 32.4 Å². The van der Waals surface area contributed by atoms with Crippen LogP contribution in [-0.2, 0) is 17.5 Å². The summed E-state index contributed by atoms with van der Waals surface area (Å²) >= 11 is -0.508. The molecule has 0 aromatic heterocycles. The van der Waals surface area contributed by atoms with Gasteiger partial charge in [0.25, 0.3) is 0 Å². The molecular formula is C21H28N2O3S2. The smallest absolute Gasteiger partial charge is 0.181 e. The van der Waals surface area contributed by atoms with Gasteiger partial charge < -0.3 is 19.9 Å². The first kappa shape index (κ1) is 21.2. The molecule has 3 atom stereocenters. The topological polar surface area (TPSA) is 72.8 Å². The highest BCUT2D eigenvalue weighted by molar-refractivity contribution is 7.99. The molecule has 1 aliphatic heterocycles. The highest BCUT2D eigenvalue weighted by Crippen LogP contribution is 2.37. The number of aliphatic hydroxyl groups excluding tert-OH is 1. The first-order chi connectivity index (χ1) is 13.4. The zero-order chi connectivity index (χ0) is 20.3. The largest absolute Gasteiger partial charge is 0.373 e. The zero-order valence-corrected chi connectivity index (χ0v) is 18.1. The third kappa shape index (κ3) is 4.89. The maximum atomic E-state index is 12.4. The van der Waals surface area contributed by atoms with Gasteiger partial charge in [0, 0.05) is 22.9 Å². The number of benzene rings is 2. The SMILES string of the molecule is CCc1ccc(N(CC(C)C)C(c2ccc3c(c2)NC(O)CS3)S(=O)O)cc1. The monoisotopic (exact) mass is 420 g/mol. The molecule has 3 rings (SSSR count). The number of hydrogen-bond acceptors (Lipinski definition) is 5. The van der Waals surface area contributed by atoms with Gasteiger partial charge in [0.15, 0.2) is 16.5 Å². The van der Waals surface area contributed by atoms with E-state index in [-0.39, 0.29) is 0 Å². The maximum absolute atomic E-state index is 12.4. The molecule has 2 aromatic rings. The number of hydrogen-bond donors (Lipinski definition) is 3. The lowest BCUT2D eigenvalue weighted by Crippen LogP contribution is -2.35. The first-order valence-electron chi connectivity index (χ1n) is 9.55. The minimum Gasteiger partial charge on any atom is -0.373 e. The Labute approximate surface area is 173 Å². The van der Waals surface area contributed by atoms with E-state index in [9.17, 15) is 13.9 Å². The molecule has 0 amide bonds. The highest BCUT2D eigenvalue weighted by atomic mass is 32.2. The van der Waals surface area contributed by atoms with Gasteiger partial charge in [0.2, 0.25) is 0 Å². The van der Waals surface area contributed by atoms with Gasteiger partial charge >= 0.3 is 0 Å². The lowest BCUT2D eigenvalue weighted by atomic mass is 10.1. The van der Waals surface area contributed by atoms with Gasteiger partial charge in [-0.05, 0) is 47.7 Å². The number of fused-ring (bicyclic) bond motifs is 1. The second-order valence-electron chi connectivity index (χ2n) is 7.42. The summed E-state index contributed by atoms with van der Waals surface area (Å²) in [5.74, 6) is 0.912. The lowest BCUT2D eigenvalue weighted by Gasteiger charge is -2.34. The van der Waals surface area contributed by atoms with E-state index in [1.807, 2.05) is 35.2 Å². The molecule has 3 unspecified atom stereocenters. The number of thioether (sulfide) groups is 1. The van der Waals surface area contributed by atoms with Crippen molar-refractivity contribution in [3.8, 4) is 0 Å². The van der Waals surface area contributed by atoms with Crippen LogP contribution in [0.1, 0.15) is 37.3 Å². The number of aliphatic hydroxyl groups is 1. The molecule has 152 valence electrons. The predicted molar refractivity (Wildman–Crippen MR) is 118 cm³/mol. The van der Waals surface area contributed by atoms with Crippen molar-refractivity contribution in [1.29, 1.82) is 0 Å². The maximum Gasteiger partial charge on any atom is 0.181 e. The summed E-state index contributed by atoms with van der Waals surface area (Å²) < 4.78 is 22.7. The Kier molecular flexibility index (Phi) is 7.04. The molecule has 5 nitrogen and oxygen atoms in total. The number of aryl methyl sites for hydroxylation is 1. The Morgan fingerprint density at radius 1 is 1.25 bits per heavy atom. The molecule has 0 bridgehead atoms. The molecule has 0 fully saturated rings. The van der Waals surface area contributed by atoms with Crippen LogP contribution in [0.5, 0.6) is 0 Å². The molecule has 0 saturated carbocycles. The second-order valence-corrected chi connectivity index (χ2v) is 9.48. The van der Waals surface area contributed by atoms with Crippen molar-refractivity contribution < 1.29 is 13.9 Å². The molecule has 0 saturated heterocycles. The van der Waals surface area contributed by atoms with Gasteiger partial charge in [-0.3, -0.25) is 0 Å². The van der Waals surface area contributed by atoms with Crippen molar-refractivity contribution in [3.63, 3.8) is 0 Å². The molecule has 1 aliphatic rings. The molecule has 3 N–H and O–H groups in total. The van der Waals surface area contributed by atoms with Crippen molar-refractivity contribution in [1.82, 2.24) is 0 Å². The van der Waals surface area contributed by atoms with Gasteiger partial charge in [-0.25, -0.2) is 4.21 Å². The number of nitrogens with one attached hydrogen (secondary N) is 1. The van der Waals surface area contributed by atoms with E-state index in [1.165, 1.54) is 5.56 Å². The fourth-order valence-corrected chi connectivity index (χ4v) is 5.05. The Bertz CT molecular complexity index is 827. The van der Waals surface area contributed by atoms with E-state index in [1.54, 1.807) is 11.8 Å². The summed E-state index contributed by atoms with van der Waals surface area (Å²) in [6.07, 6.45) is 0.343.